The molecule has 3 heteroatoms. The highest BCUT2D eigenvalue weighted by Gasteiger charge is 2.37. The van der Waals surface area contributed by atoms with Crippen LogP contribution in [0.3, 0.4) is 0 Å². The second-order valence-electron chi connectivity index (χ2n) is 4.79. The van der Waals surface area contributed by atoms with E-state index in [2.05, 4.69) is 23.8 Å². The van der Waals surface area contributed by atoms with Gasteiger partial charge in [-0.3, -0.25) is 0 Å². The molecule has 3 nitrogen and oxygen atoms in total. The maximum Gasteiger partial charge on any atom is 0.126 e. The molecule has 0 unspecified atom stereocenters. The van der Waals surface area contributed by atoms with Crippen molar-refractivity contribution >= 4 is 0 Å². The van der Waals surface area contributed by atoms with Gasteiger partial charge >= 0.3 is 0 Å². The molecule has 1 fully saturated rings. The fraction of sp³-hybridized carbons (Fsp3) is 0.727. The molecule has 3 atom stereocenters. The van der Waals surface area contributed by atoms with Gasteiger partial charge in [0.15, 0.2) is 0 Å². The second kappa shape index (κ2) is 3.39. The molecule has 1 aromatic rings. The molecule has 14 heavy (non-hydrogen) atoms. The summed E-state index contributed by atoms with van der Waals surface area (Å²) < 4.78 is 0. The summed E-state index contributed by atoms with van der Waals surface area (Å²) in [7, 11) is 0. The predicted molar refractivity (Wildman–Crippen MR) is 56.6 cm³/mol. The number of nitrogens with two attached hydrogens (primary N) is 1. The number of aromatic amines is 1. The molecule has 0 aromatic carbocycles. The van der Waals surface area contributed by atoms with Gasteiger partial charge in [-0.15, -0.1) is 0 Å². The average Bonchev–Trinajstić information content (AvgIpc) is 2.65. The monoisotopic (exact) mass is 193 g/mol. The van der Waals surface area contributed by atoms with Crippen molar-refractivity contribution in [3.05, 3.63) is 18.2 Å². The van der Waals surface area contributed by atoms with Crippen molar-refractivity contribution in [1.29, 1.82) is 0 Å². The van der Waals surface area contributed by atoms with E-state index in [0.29, 0.717) is 5.92 Å². The smallest absolute Gasteiger partial charge is 0.126 e. The highest BCUT2D eigenvalue weighted by molar-refractivity contribution is 5.07. The zero-order valence-corrected chi connectivity index (χ0v) is 8.96. The molecule has 0 saturated heterocycles. The highest BCUT2D eigenvalue weighted by atomic mass is 15.0. The summed E-state index contributed by atoms with van der Waals surface area (Å²) in [6, 6.07) is 0. The average molecular weight is 193 g/mol. The molecule has 1 saturated carbocycles. The SMILES string of the molecule is C[C@@H]1CC[C@@](N)(c2ncc[nH]2)C[C@@H]1C. The van der Waals surface area contributed by atoms with Crippen molar-refractivity contribution in [3.8, 4) is 0 Å². The van der Waals surface area contributed by atoms with E-state index in [4.69, 9.17) is 5.73 Å². The summed E-state index contributed by atoms with van der Waals surface area (Å²) in [6.45, 7) is 4.60. The first-order valence-corrected chi connectivity index (χ1v) is 5.40. The van der Waals surface area contributed by atoms with Crippen molar-refractivity contribution in [2.24, 2.45) is 17.6 Å². The molecular formula is C11H19N3. The fourth-order valence-corrected chi connectivity index (χ4v) is 2.40. The first kappa shape index (κ1) is 9.71. The van der Waals surface area contributed by atoms with Crippen LogP contribution >= 0.6 is 0 Å². The first-order valence-electron chi connectivity index (χ1n) is 5.40. The van der Waals surface area contributed by atoms with Gasteiger partial charge in [-0.2, -0.15) is 0 Å². The lowest BCUT2D eigenvalue weighted by atomic mass is 9.71. The molecule has 3 N–H and O–H groups in total. The Labute approximate surface area is 85.1 Å². The Morgan fingerprint density at radius 3 is 2.86 bits per heavy atom. The molecule has 1 heterocycles. The number of aromatic nitrogens is 2. The van der Waals surface area contributed by atoms with Crippen LogP contribution in [0.5, 0.6) is 0 Å². The summed E-state index contributed by atoms with van der Waals surface area (Å²) in [5.41, 5.74) is 6.17. The van der Waals surface area contributed by atoms with Gasteiger partial charge in [-0.1, -0.05) is 13.8 Å². The van der Waals surface area contributed by atoms with E-state index in [1.165, 1.54) is 6.42 Å². The van der Waals surface area contributed by atoms with Crippen LogP contribution in [0.2, 0.25) is 0 Å². The Morgan fingerprint density at radius 2 is 2.29 bits per heavy atom. The third kappa shape index (κ3) is 1.57. The van der Waals surface area contributed by atoms with E-state index in [1.54, 1.807) is 6.20 Å². The largest absolute Gasteiger partial charge is 0.347 e. The maximum absolute atomic E-state index is 6.38. The summed E-state index contributed by atoms with van der Waals surface area (Å²) in [6.07, 6.45) is 6.94. The molecule has 0 aliphatic heterocycles. The van der Waals surface area contributed by atoms with Crippen molar-refractivity contribution in [3.63, 3.8) is 0 Å². The van der Waals surface area contributed by atoms with Crippen LogP contribution in [-0.4, -0.2) is 9.97 Å². The van der Waals surface area contributed by atoms with Crippen molar-refractivity contribution in [2.45, 2.75) is 38.6 Å². The van der Waals surface area contributed by atoms with Gasteiger partial charge in [0.1, 0.15) is 5.82 Å². The van der Waals surface area contributed by atoms with Gasteiger partial charge in [0, 0.05) is 12.4 Å². The van der Waals surface area contributed by atoms with Crippen molar-refractivity contribution < 1.29 is 0 Å². The lowest BCUT2D eigenvalue weighted by molar-refractivity contribution is 0.170. The molecule has 0 spiro atoms. The quantitative estimate of drug-likeness (QED) is 0.717. The van der Waals surface area contributed by atoms with Crippen LogP contribution < -0.4 is 5.73 Å². The van der Waals surface area contributed by atoms with Crippen LogP contribution in [0.15, 0.2) is 12.4 Å². The lowest BCUT2D eigenvalue weighted by Gasteiger charge is -2.38. The van der Waals surface area contributed by atoms with E-state index in [0.717, 1.165) is 24.6 Å². The third-order valence-corrected chi connectivity index (χ3v) is 3.67. The molecule has 0 bridgehead atoms. The Hall–Kier alpha value is -0.830. The van der Waals surface area contributed by atoms with Gasteiger partial charge < -0.3 is 10.7 Å². The number of imidazole rings is 1. The number of hydrogen-bond donors (Lipinski definition) is 2. The maximum atomic E-state index is 6.38. The van der Waals surface area contributed by atoms with E-state index in [1.807, 2.05) is 6.20 Å². The summed E-state index contributed by atoms with van der Waals surface area (Å²) in [5.74, 6) is 2.44. The van der Waals surface area contributed by atoms with Crippen LogP contribution in [0.4, 0.5) is 0 Å². The van der Waals surface area contributed by atoms with E-state index in [-0.39, 0.29) is 5.54 Å². The molecular weight excluding hydrogens is 174 g/mol. The van der Waals surface area contributed by atoms with Gasteiger partial charge in [0.05, 0.1) is 5.54 Å². The highest BCUT2D eigenvalue weighted by Crippen LogP contribution is 2.39. The molecule has 0 amide bonds. The first-order chi connectivity index (χ1) is 6.62. The molecule has 2 rings (SSSR count). The molecule has 1 aliphatic carbocycles. The number of nitrogens with zero attached hydrogens (tertiary/aromatic N) is 1. The van der Waals surface area contributed by atoms with Crippen LogP contribution in [0.25, 0.3) is 0 Å². The van der Waals surface area contributed by atoms with Crippen molar-refractivity contribution in [2.75, 3.05) is 0 Å². The number of nitrogens with one attached hydrogen (secondary N) is 1. The predicted octanol–water partition coefficient (Wildman–Crippen LogP) is 2.02. The van der Waals surface area contributed by atoms with E-state index >= 15 is 0 Å². The molecule has 78 valence electrons. The Bertz CT molecular complexity index is 293. The standard InChI is InChI=1S/C11H19N3/c1-8-3-4-11(12,7-9(8)2)10-13-5-6-14-10/h5-6,8-9H,3-4,7,12H2,1-2H3,(H,13,14)/t8-,9+,11+/m1/s1. The summed E-state index contributed by atoms with van der Waals surface area (Å²) >= 11 is 0. The molecule has 1 aromatic heterocycles. The van der Waals surface area contributed by atoms with Gasteiger partial charge in [-0.05, 0) is 31.1 Å². The Morgan fingerprint density at radius 1 is 1.50 bits per heavy atom. The Balaban J connectivity index is 2.18. The fourth-order valence-electron chi connectivity index (χ4n) is 2.40. The van der Waals surface area contributed by atoms with Crippen LogP contribution in [-0.2, 0) is 5.54 Å². The van der Waals surface area contributed by atoms with E-state index in [9.17, 15) is 0 Å². The Kier molecular flexibility index (Phi) is 2.35. The van der Waals surface area contributed by atoms with Crippen LogP contribution in [0, 0.1) is 11.8 Å². The van der Waals surface area contributed by atoms with Gasteiger partial charge in [0.2, 0.25) is 0 Å². The van der Waals surface area contributed by atoms with Crippen molar-refractivity contribution in [1.82, 2.24) is 9.97 Å². The molecule has 0 radical (unpaired) electrons. The normalized spacial score (nSPS) is 38.5. The number of rotatable bonds is 1. The zero-order chi connectivity index (χ0) is 10.2. The van der Waals surface area contributed by atoms with E-state index < -0.39 is 0 Å². The number of hydrogen-bond acceptors (Lipinski definition) is 2. The summed E-state index contributed by atoms with van der Waals surface area (Å²) in [4.78, 5) is 7.44. The summed E-state index contributed by atoms with van der Waals surface area (Å²) in [5, 5.41) is 0. The van der Waals surface area contributed by atoms with Crippen LogP contribution in [0.1, 0.15) is 38.9 Å². The third-order valence-electron chi connectivity index (χ3n) is 3.67. The number of H-pyrrole nitrogens is 1. The minimum atomic E-state index is -0.213. The topological polar surface area (TPSA) is 54.7 Å². The van der Waals surface area contributed by atoms with Gasteiger partial charge in [0.25, 0.3) is 0 Å². The second-order valence-corrected chi connectivity index (χ2v) is 4.79. The minimum absolute atomic E-state index is 0.213. The minimum Gasteiger partial charge on any atom is -0.347 e. The van der Waals surface area contributed by atoms with Gasteiger partial charge in [-0.25, -0.2) is 4.98 Å². The zero-order valence-electron chi connectivity index (χ0n) is 8.96. The molecule has 1 aliphatic rings. The lowest BCUT2D eigenvalue weighted by Crippen LogP contribution is -2.44.